The molecule has 1 aliphatic heterocycles. The Morgan fingerprint density at radius 1 is 1.10 bits per heavy atom. The van der Waals surface area contributed by atoms with Crippen LogP contribution < -0.4 is 0 Å². The van der Waals surface area contributed by atoms with Gasteiger partial charge in [-0.25, -0.2) is 13.2 Å². The summed E-state index contributed by atoms with van der Waals surface area (Å²) >= 11 is 5.95. The molecule has 7 nitrogen and oxygen atoms in total. The molecule has 1 amide bonds. The van der Waals surface area contributed by atoms with Crippen LogP contribution in [0.5, 0.6) is 0 Å². The second-order valence-corrected chi connectivity index (χ2v) is 10.9. The van der Waals surface area contributed by atoms with Gasteiger partial charge in [0.15, 0.2) is 0 Å². The number of sulfonamides is 1. The fourth-order valence-corrected chi connectivity index (χ4v) is 6.03. The molecule has 2 atom stereocenters. The maximum absolute atomic E-state index is 13.5. The molecular weight excluding hydrogens is 426 g/mol. The number of rotatable bonds is 8. The van der Waals surface area contributed by atoms with E-state index in [1.165, 1.54) is 4.90 Å². The average Bonchev–Trinajstić information content (AvgIpc) is 3.55. The highest BCUT2D eigenvalue weighted by Crippen LogP contribution is 2.43. The minimum absolute atomic E-state index is 0.0328. The van der Waals surface area contributed by atoms with E-state index in [4.69, 9.17) is 16.3 Å². The molecule has 168 valence electrons. The minimum atomic E-state index is -3.71. The van der Waals surface area contributed by atoms with Gasteiger partial charge in [0.1, 0.15) is 6.61 Å². The standard InChI is InChI=1S/C21H32ClN3O4S/c1-23(2)13-14-24(3)21(26)29-15-18-5-4-6-20(16-7-8-16)25(18)30(27,28)19-11-9-17(22)10-12-19/h9-12,16,18,20H,4-8,13-15H2,1-3H3/t18-,20+/m0/s1. The first-order chi connectivity index (χ1) is 14.2. The van der Waals surface area contributed by atoms with Gasteiger partial charge in [-0.1, -0.05) is 18.0 Å². The van der Waals surface area contributed by atoms with Gasteiger partial charge >= 0.3 is 6.09 Å². The summed E-state index contributed by atoms with van der Waals surface area (Å²) in [6.45, 7) is 1.35. The van der Waals surface area contributed by atoms with Crippen molar-refractivity contribution in [2.24, 2.45) is 5.92 Å². The first-order valence-electron chi connectivity index (χ1n) is 10.5. The van der Waals surface area contributed by atoms with Crippen molar-refractivity contribution in [1.82, 2.24) is 14.1 Å². The van der Waals surface area contributed by atoms with E-state index in [0.717, 1.165) is 32.2 Å². The summed E-state index contributed by atoms with van der Waals surface area (Å²) in [5.41, 5.74) is 0. The van der Waals surface area contributed by atoms with E-state index in [1.807, 2.05) is 19.0 Å². The Labute approximate surface area is 185 Å². The third-order valence-corrected chi connectivity index (χ3v) is 8.12. The quantitative estimate of drug-likeness (QED) is 0.599. The van der Waals surface area contributed by atoms with Crippen LogP contribution in [0.15, 0.2) is 29.2 Å². The fraction of sp³-hybridized carbons (Fsp3) is 0.667. The van der Waals surface area contributed by atoms with Crippen molar-refractivity contribution in [2.45, 2.75) is 49.1 Å². The van der Waals surface area contributed by atoms with Crippen molar-refractivity contribution in [1.29, 1.82) is 0 Å². The molecule has 1 saturated heterocycles. The predicted octanol–water partition coefficient (Wildman–Crippen LogP) is 3.29. The normalized spacial score (nSPS) is 22.8. The van der Waals surface area contributed by atoms with Crippen molar-refractivity contribution in [2.75, 3.05) is 40.8 Å². The number of likely N-dealkylation sites (N-methyl/N-ethyl adjacent to an activating group) is 2. The zero-order chi connectivity index (χ0) is 21.9. The third-order valence-electron chi connectivity index (χ3n) is 5.87. The first-order valence-corrected chi connectivity index (χ1v) is 12.3. The lowest BCUT2D eigenvalue weighted by Gasteiger charge is -2.41. The van der Waals surface area contributed by atoms with Crippen LogP contribution in [0.3, 0.4) is 0 Å². The molecule has 1 heterocycles. The van der Waals surface area contributed by atoms with Crippen LogP contribution in [0.4, 0.5) is 4.79 Å². The van der Waals surface area contributed by atoms with E-state index in [-0.39, 0.29) is 23.6 Å². The highest BCUT2D eigenvalue weighted by atomic mass is 35.5. The van der Waals surface area contributed by atoms with E-state index in [0.29, 0.717) is 23.9 Å². The van der Waals surface area contributed by atoms with Crippen molar-refractivity contribution in [3.63, 3.8) is 0 Å². The lowest BCUT2D eigenvalue weighted by Crippen LogP contribution is -2.53. The number of carbonyl (C=O) groups excluding carboxylic acids is 1. The molecule has 2 aliphatic rings. The van der Waals surface area contributed by atoms with Gasteiger partial charge in [-0.3, -0.25) is 0 Å². The number of hydrogen-bond acceptors (Lipinski definition) is 5. The molecule has 1 aliphatic carbocycles. The van der Waals surface area contributed by atoms with Gasteiger partial charge in [0.05, 0.1) is 10.9 Å². The fourth-order valence-electron chi connectivity index (χ4n) is 3.99. The number of amides is 1. The molecule has 0 spiro atoms. The lowest BCUT2D eigenvalue weighted by molar-refractivity contribution is 0.0621. The molecule has 0 bridgehead atoms. The highest BCUT2D eigenvalue weighted by Gasteiger charge is 2.46. The van der Waals surface area contributed by atoms with Crippen LogP contribution in [0, 0.1) is 5.92 Å². The number of nitrogens with zero attached hydrogens (tertiary/aromatic N) is 3. The Bertz CT molecular complexity index is 827. The van der Waals surface area contributed by atoms with Gasteiger partial charge in [0.2, 0.25) is 10.0 Å². The Kier molecular flexibility index (Phi) is 7.66. The maximum atomic E-state index is 13.5. The number of hydrogen-bond donors (Lipinski definition) is 0. The summed E-state index contributed by atoms with van der Waals surface area (Å²) < 4.78 is 34.2. The molecule has 1 aromatic rings. The summed E-state index contributed by atoms with van der Waals surface area (Å²) in [5, 5.41) is 0.498. The Balaban J connectivity index is 1.75. The molecule has 2 fully saturated rings. The van der Waals surface area contributed by atoms with Crippen LogP contribution in [0.2, 0.25) is 5.02 Å². The van der Waals surface area contributed by atoms with Crippen molar-refractivity contribution in [3.05, 3.63) is 29.3 Å². The number of ether oxygens (including phenoxy) is 1. The van der Waals surface area contributed by atoms with Crippen molar-refractivity contribution >= 4 is 27.7 Å². The molecule has 0 unspecified atom stereocenters. The third kappa shape index (κ3) is 5.66. The van der Waals surface area contributed by atoms with Crippen LogP contribution >= 0.6 is 11.6 Å². The minimum Gasteiger partial charge on any atom is -0.448 e. The molecule has 1 saturated carbocycles. The largest absolute Gasteiger partial charge is 0.448 e. The summed E-state index contributed by atoms with van der Waals surface area (Å²) in [6.07, 6.45) is 4.16. The van der Waals surface area contributed by atoms with Crippen LogP contribution in [0.25, 0.3) is 0 Å². The van der Waals surface area contributed by atoms with Crippen molar-refractivity contribution in [3.8, 4) is 0 Å². The molecule has 3 rings (SSSR count). The Morgan fingerprint density at radius 3 is 2.37 bits per heavy atom. The first kappa shape index (κ1) is 23.3. The van der Waals surface area contributed by atoms with Crippen LogP contribution in [-0.2, 0) is 14.8 Å². The zero-order valence-electron chi connectivity index (χ0n) is 18.0. The molecule has 9 heteroatoms. The van der Waals surface area contributed by atoms with Gasteiger partial charge in [0.25, 0.3) is 0 Å². The van der Waals surface area contributed by atoms with Gasteiger partial charge in [0, 0.05) is 31.2 Å². The van der Waals surface area contributed by atoms with E-state index in [1.54, 1.807) is 35.6 Å². The molecular formula is C21H32ClN3O4S. The van der Waals surface area contributed by atoms with Gasteiger partial charge < -0.3 is 14.5 Å². The topological polar surface area (TPSA) is 70.2 Å². The summed E-state index contributed by atoms with van der Waals surface area (Å²) in [4.78, 5) is 16.1. The average molecular weight is 458 g/mol. The van der Waals surface area contributed by atoms with Crippen LogP contribution in [0.1, 0.15) is 32.1 Å². The lowest BCUT2D eigenvalue weighted by atomic mass is 9.96. The monoisotopic (exact) mass is 457 g/mol. The summed E-state index contributed by atoms with van der Waals surface area (Å²) in [7, 11) is 1.87. The maximum Gasteiger partial charge on any atom is 0.409 e. The van der Waals surface area contributed by atoms with E-state index in [2.05, 4.69) is 0 Å². The molecule has 0 aromatic heterocycles. The molecule has 30 heavy (non-hydrogen) atoms. The Morgan fingerprint density at radius 2 is 1.77 bits per heavy atom. The van der Waals surface area contributed by atoms with Crippen LogP contribution in [-0.4, -0.2) is 81.5 Å². The molecule has 1 aromatic carbocycles. The second kappa shape index (κ2) is 9.85. The molecule has 0 radical (unpaired) electrons. The van der Waals surface area contributed by atoms with E-state index >= 15 is 0 Å². The van der Waals surface area contributed by atoms with Gasteiger partial charge in [-0.05, 0) is 70.0 Å². The smallest absolute Gasteiger partial charge is 0.409 e. The zero-order valence-corrected chi connectivity index (χ0v) is 19.5. The summed E-state index contributed by atoms with van der Waals surface area (Å²) in [6, 6.07) is 5.91. The summed E-state index contributed by atoms with van der Waals surface area (Å²) in [5.74, 6) is 0.397. The van der Waals surface area contributed by atoms with E-state index < -0.39 is 16.1 Å². The van der Waals surface area contributed by atoms with Gasteiger partial charge in [-0.2, -0.15) is 4.31 Å². The second-order valence-electron chi connectivity index (χ2n) is 8.58. The number of carbonyl (C=O) groups is 1. The Hall–Kier alpha value is -1.35. The number of piperidine rings is 1. The SMILES string of the molecule is CN(C)CCN(C)C(=O)OC[C@@H]1CCC[C@H](C2CC2)N1S(=O)(=O)c1ccc(Cl)cc1. The number of halogens is 1. The van der Waals surface area contributed by atoms with Gasteiger partial charge in [-0.15, -0.1) is 0 Å². The number of benzene rings is 1. The molecule has 0 N–H and O–H groups in total. The van der Waals surface area contributed by atoms with Crippen molar-refractivity contribution < 1.29 is 17.9 Å². The highest BCUT2D eigenvalue weighted by molar-refractivity contribution is 7.89. The van der Waals surface area contributed by atoms with E-state index in [9.17, 15) is 13.2 Å². The predicted molar refractivity (Wildman–Crippen MR) is 117 cm³/mol.